The molecule has 0 N–H and O–H groups in total. The van der Waals surface area contributed by atoms with Gasteiger partial charge in [0.05, 0.1) is 28.1 Å². The third-order valence-corrected chi connectivity index (χ3v) is 13.3. The molecule has 318 valence electrons. The molecule has 0 atom stereocenters. The molecule has 10 aromatic carbocycles. The zero-order valence-corrected chi connectivity index (χ0v) is 37.0. The van der Waals surface area contributed by atoms with Crippen LogP contribution in [0, 0.1) is 0 Å². The van der Waals surface area contributed by atoms with Crippen molar-refractivity contribution in [2.24, 2.45) is 0 Å². The average Bonchev–Trinajstić information content (AvgIpc) is 3.69. The first-order valence-electron chi connectivity index (χ1n) is 23.2. The van der Waals surface area contributed by atoms with Crippen LogP contribution in [0.1, 0.15) is 0 Å². The molecule has 0 amide bonds. The van der Waals surface area contributed by atoms with Crippen LogP contribution in [-0.4, -0.2) is 14.5 Å². The SMILES string of the molecule is c1ccc(-c2cc(-c3ccccc3)cc(-c3ccc4c(c3)c3ccc5c(c3n4-c3cc(-c4ccccc4)nc(-c4ccccc4)n3)N(c3ccccc3)c3ccccc3-c3ccccc3-5)c2)cc1. The minimum atomic E-state index is 0.664. The van der Waals surface area contributed by atoms with Crippen molar-refractivity contribution in [3.8, 4) is 84.1 Å². The Kier molecular flexibility index (Phi) is 9.47. The van der Waals surface area contributed by atoms with Crippen LogP contribution in [0.3, 0.4) is 0 Å². The molecule has 0 radical (unpaired) electrons. The number of nitrogens with zero attached hydrogens (tertiary/aromatic N) is 4. The molecule has 0 saturated carbocycles. The first kappa shape index (κ1) is 39.3. The van der Waals surface area contributed by atoms with Gasteiger partial charge in [0.1, 0.15) is 5.82 Å². The third kappa shape index (κ3) is 6.69. The molecule has 0 spiro atoms. The molecule has 4 heteroatoms. The third-order valence-electron chi connectivity index (χ3n) is 13.3. The van der Waals surface area contributed by atoms with Gasteiger partial charge in [-0.3, -0.25) is 4.57 Å². The number of fused-ring (bicyclic) bond motifs is 9. The van der Waals surface area contributed by atoms with Crippen molar-refractivity contribution < 1.29 is 0 Å². The number of hydrogen-bond donors (Lipinski definition) is 0. The number of rotatable bonds is 7. The highest BCUT2D eigenvalue weighted by molar-refractivity contribution is 6.20. The van der Waals surface area contributed by atoms with E-state index in [0.717, 1.165) is 78.2 Å². The summed E-state index contributed by atoms with van der Waals surface area (Å²) >= 11 is 0. The molecule has 1 aliphatic heterocycles. The number of aromatic nitrogens is 3. The summed E-state index contributed by atoms with van der Waals surface area (Å²) in [6.45, 7) is 0. The Bertz CT molecular complexity index is 3710. The van der Waals surface area contributed by atoms with Gasteiger partial charge in [-0.15, -0.1) is 0 Å². The highest BCUT2D eigenvalue weighted by Gasteiger charge is 2.31. The topological polar surface area (TPSA) is 34.0 Å². The zero-order chi connectivity index (χ0) is 45.0. The van der Waals surface area contributed by atoms with Gasteiger partial charge in [0.2, 0.25) is 0 Å². The van der Waals surface area contributed by atoms with Gasteiger partial charge in [0.25, 0.3) is 0 Å². The number of para-hydroxylation sites is 2. The van der Waals surface area contributed by atoms with Crippen molar-refractivity contribution in [3.05, 3.63) is 255 Å². The molecule has 0 bridgehead atoms. The highest BCUT2D eigenvalue weighted by atomic mass is 15.2. The van der Waals surface area contributed by atoms with Gasteiger partial charge in [0, 0.05) is 44.8 Å². The van der Waals surface area contributed by atoms with Gasteiger partial charge < -0.3 is 4.90 Å². The highest BCUT2D eigenvalue weighted by Crippen LogP contribution is 2.54. The first-order chi connectivity index (χ1) is 33.7. The van der Waals surface area contributed by atoms with Crippen LogP contribution < -0.4 is 4.90 Å². The summed E-state index contributed by atoms with van der Waals surface area (Å²) < 4.78 is 2.40. The number of hydrogen-bond acceptors (Lipinski definition) is 3. The molecule has 68 heavy (non-hydrogen) atoms. The molecule has 0 unspecified atom stereocenters. The molecule has 3 heterocycles. The molecular formula is C64H42N4. The van der Waals surface area contributed by atoms with Crippen molar-refractivity contribution in [1.29, 1.82) is 0 Å². The maximum Gasteiger partial charge on any atom is 0.162 e. The van der Waals surface area contributed by atoms with E-state index in [1.165, 1.54) is 38.9 Å². The van der Waals surface area contributed by atoms with Crippen molar-refractivity contribution in [1.82, 2.24) is 14.5 Å². The lowest BCUT2D eigenvalue weighted by molar-refractivity contribution is 1.05. The molecule has 0 aliphatic carbocycles. The van der Waals surface area contributed by atoms with E-state index in [1.54, 1.807) is 0 Å². The van der Waals surface area contributed by atoms with Crippen LogP contribution in [-0.2, 0) is 0 Å². The first-order valence-corrected chi connectivity index (χ1v) is 23.2. The van der Waals surface area contributed by atoms with Crippen LogP contribution in [0.4, 0.5) is 17.1 Å². The predicted molar refractivity (Wildman–Crippen MR) is 283 cm³/mol. The Hall–Kier alpha value is -9.12. The van der Waals surface area contributed by atoms with E-state index < -0.39 is 0 Å². The van der Waals surface area contributed by atoms with E-state index in [4.69, 9.17) is 9.97 Å². The fourth-order valence-corrected chi connectivity index (χ4v) is 10.2. The second kappa shape index (κ2) is 16.4. The second-order valence-electron chi connectivity index (χ2n) is 17.4. The summed E-state index contributed by atoms with van der Waals surface area (Å²) in [5.41, 5.74) is 19.9. The summed E-state index contributed by atoms with van der Waals surface area (Å²) in [7, 11) is 0. The van der Waals surface area contributed by atoms with Gasteiger partial charge in [-0.2, -0.15) is 0 Å². The van der Waals surface area contributed by atoms with Gasteiger partial charge in [-0.1, -0.05) is 200 Å². The summed E-state index contributed by atoms with van der Waals surface area (Å²) in [5.74, 6) is 1.45. The van der Waals surface area contributed by atoms with Crippen molar-refractivity contribution >= 4 is 38.9 Å². The van der Waals surface area contributed by atoms with Crippen LogP contribution in [0.5, 0.6) is 0 Å². The van der Waals surface area contributed by atoms with Crippen LogP contribution in [0.15, 0.2) is 255 Å². The quantitative estimate of drug-likeness (QED) is 0.160. The lowest BCUT2D eigenvalue weighted by atomic mass is 9.92. The molecule has 13 rings (SSSR count). The number of benzene rings is 10. The number of anilines is 3. The molecule has 0 saturated heterocycles. The summed E-state index contributed by atoms with van der Waals surface area (Å²) in [5, 5.41) is 2.26. The molecule has 2 aromatic heterocycles. The summed E-state index contributed by atoms with van der Waals surface area (Å²) in [4.78, 5) is 13.3. The monoisotopic (exact) mass is 866 g/mol. The van der Waals surface area contributed by atoms with Gasteiger partial charge in [0.15, 0.2) is 5.82 Å². The lowest BCUT2D eigenvalue weighted by Crippen LogP contribution is -2.13. The largest absolute Gasteiger partial charge is 0.307 e. The molecular weight excluding hydrogens is 825 g/mol. The average molecular weight is 867 g/mol. The summed E-state index contributed by atoms with van der Waals surface area (Å²) in [6, 6.07) is 91.4. The van der Waals surface area contributed by atoms with E-state index in [0.29, 0.717) is 5.82 Å². The maximum atomic E-state index is 5.53. The van der Waals surface area contributed by atoms with E-state index in [2.05, 4.69) is 258 Å². The van der Waals surface area contributed by atoms with E-state index >= 15 is 0 Å². The Morgan fingerprint density at radius 1 is 0.309 bits per heavy atom. The fraction of sp³-hybridized carbons (Fsp3) is 0. The Morgan fingerprint density at radius 3 is 1.46 bits per heavy atom. The molecule has 1 aliphatic rings. The van der Waals surface area contributed by atoms with Crippen LogP contribution in [0.25, 0.3) is 106 Å². The molecule has 12 aromatic rings. The van der Waals surface area contributed by atoms with Crippen molar-refractivity contribution in [3.63, 3.8) is 0 Å². The van der Waals surface area contributed by atoms with Gasteiger partial charge >= 0.3 is 0 Å². The van der Waals surface area contributed by atoms with Gasteiger partial charge in [-0.05, 0) is 93.0 Å². The zero-order valence-electron chi connectivity index (χ0n) is 37.0. The minimum Gasteiger partial charge on any atom is -0.307 e. The predicted octanol–water partition coefficient (Wildman–Crippen LogP) is 17.0. The standard InChI is InChI=1S/C64H42N4/c1-6-20-43(21-7-1)48-38-49(44-22-8-2-9-23-44)40-50(39-48)47-34-37-60-57(41-47)56-36-35-55-53-31-17-16-30-52(53)54-32-18-19-33-59(54)67(51-28-14-5-15-29-51)62(55)63(56)68(60)61-42-58(45-24-10-3-11-25-45)65-64(66-61)46-26-12-4-13-27-46/h1-42H. The fourth-order valence-electron chi connectivity index (χ4n) is 10.2. The Balaban J connectivity index is 1.16. The lowest BCUT2D eigenvalue weighted by Gasteiger charge is -2.28. The minimum absolute atomic E-state index is 0.664. The second-order valence-corrected chi connectivity index (χ2v) is 17.4. The Labute approximate surface area is 395 Å². The van der Waals surface area contributed by atoms with Gasteiger partial charge in [-0.25, -0.2) is 9.97 Å². The molecule has 0 fully saturated rings. The Morgan fingerprint density at radius 2 is 0.824 bits per heavy atom. The van der Waals surface area contributed by atoms with Crippen molar-refractivity contribution in [2.75, 3.05) is 4.90 Å². The maximum absolute atomic E-state index is 5.53. The van der Waals surface area contributed by atoms with E-state index in [9.17, 15) is 0 Å². The normalized spacial score (nSPS) is 11.8. The van der Waals surface area contributed by atoms with Crippen LogP contribution >= 0.6 is 0 Å². The molecule has 4 nitrogen and oxygen atoms in total. The van der Waals surface area contributed by atoms with E-state index in [1.807, 2.05) is 6.07 Å². The van der Waals surface area contributed by atoms with Crippen LogP contribution in [0.2, 0.25) is 0 Å². The summed E-state index contributed by atoms with van der Waals surface area (Å²) in [6.07, 6.45) is 0. The van der Waals surface area contributed by atoms with Crippen molar-refractivity contribution in [2.45, 2.75) is 0 Å². The van der Waals surface area contributed by atoms with E-state index in [-0.39, 0.29) is 0 Å². The smallest absolute Gasteiger partial charge is 0.162 e.